The smallest absolute Gasteiger partial charge is 0.255 e. The Morgan fingerprint density at radius 3 is 2.71 bits per heavy atom. The van der Waals surface area contributed by atoms with Crippen LogP contribution in [0, 0.1) is 5.82 Å². The van der Waals surface area contributed by atoms with Gasteiger partial charge >= 0.3 is 0 Å². The van der Waals surface area contributed by atoms with E-state index in [4.69, 9.17) is 4.74 Å². The average Bonchev–Trinajstić information content (AvgIpc) is 2.30. The predicted octanol–water partition coefficient (Wildman–Crippen LogP) is 3.01. The normalized spacial score (nSPS) is 11.4. The Morgan fingerprint density at radius 1 is 1.41 bits per heavy atom. The Morgan fingerprint density at radius 2 is 2.12 bits per heavy atom. The molecule has 0 spiro atoms. The highest BCUT2D eigenvalue weighted by Gasteiger charge is 2.20. The summed E-state index contributed by atoms with van der Waals surface area (Å²) in [6.07, 6.45) is 2.86. The summed E-state index contributed by atoms with van der Waals surface area (Å²) in [6, 6.07) is 0. The third-order valence-electron chi connectivity index (χ3n) is 2.47. The quantitative estimate of drug-likeness (QED) is 0.831. The SMILES string of the molecule is CCCNc1ncc(F)c(OC(C)(C)CC)n1. The van der Waals surface area contributed by atoms with Gasteiger partial charge in [-0.2, -0.15) is 9.37 Å². The van der Waals surface area contributed by atoms with Gasteiger partial charge < -0.3 is 10.1 Å². The monoisotopic (exact) mass is 241 g/mol. The molecule has 0 amide bonds. The molecule has 1 aromatic rings. The molecule has 0 saturated heterocycles. The minimum atomic E-state index is -0.534. The summed E-state index contributed by atoms with van der Waals surface area (Å²) in [7, 11) is 0. The molecule has 4 nitrogen and oxygen atoms in total. The second-order valence-corrected chi connectivity index (χ2v) is 4.49. The number of rotatable bonds is 6. The Labute approximate surface area is 102 Å². The van der Waals surface area contributed by atoms with Gasteiger partial charge in [0.05, 0.1) is 6.20 Å². The highest BCUT2D eigenvalue weighted by molar-refractivity contribution is 5.28. The maximum absolute atomic E-state index is 13.5. The van der Waals surface area contributed by atoms with Crippen LogP contribution in [0.3, 0.4) is 0 Å². The number of nitrogens with zero attached hydrogens (tertiary/aromatic N) is 2. The highest BCUT2D eigenvalue weighted by atomic mass is 19.1. The summed E-state index contributed by atoms with van der Waals surface area (Å²) in [5.41, 5.74) is -0.433. The van der Waals surface area contributed by atoms with E-state index >= 15 is 0 Å². The van der Waals surface area contributed by atoms with Crippen LogP contribution in [0.4, 0.5) is 10.3 Å². The van der Waals surface area contributed by atoms with Crippen molar-refractivity contribution in [1.82, 2.24) is 9.97 Å². The lowest BCUT2D eigenvalue weighted by Gasteiger charge is -2.24. The molecule has 1 rings (SSSR count). The van der Waals surface area contributed by atoms with Crippen molar-refractivity contribution < 1.29 is 9.13 Å². The third-order valence-corrected chi connectivity index (χ3v) is 2.47. The highest BCUT2D eigenvalue weighted by Crippen LogP contribution is 2.22. The van der Waals surface area contributed by atoms with Gasteiger partial charge in [0, 0.05) is 6.54 Å². The number of halogens is 1. The van der Waals surface area contributed by atoms with Crippen molar-refractivity contribution in [1.29, 1.82) is 0 Å². The fraction of sp³-hybridized carbons (Fsp3) is 0.667. The molecular weight excluding hydrogens is 221 g/mol. The van der Waals surface area contributed by atoms with Crippen LogP contribution in [-0.4, -0.2) is 22.1 Å². The van der Waals surface area contributed by atoms with Crippen LogP contribution in [0.1, 0.15) is 40.5 Å². The molecule has 1 heterocycles. The molecular formula is C12H20FN3O. The van der Waals surface area contributed by atoms with E-state index in [1.807, 2.05) is 27.7 Å². The summed E-state index contributed by atoms with van der Waals surface area (Å²) in [6.45, 7) is 8.56. The van der Waals surface area contributed by atoms with Crippen LogP contribution in [-0.2, 0) is 0 Å². The van der Waals surface area contributed by atoms with E-state index < -0.39 is 11.4 Å². The van der Waals surface area contributed by atoms with Crippen molar-refractivity contribution in [2.45, 2.75) is 46.1 Å². The Hall–Kier alpha value is -1.39. The Balaban J connectivity index is 2.83. The number of hydrogen-bond donors (Lipinski definition) is 1. The van der Waals surface area contributed by atoms with Crippen LogP contribution in [0.5, 0.6) is 5.88 Å². The van der Waals surface area contributed by atoms with Gasteiger partial charge in [-0.3, -0.25) is 0 Å². The van der Waals surface area contributed by atoms with Crippen molar-refractivity contribution in [2.75, 3.05) is 11.9 Å². The van der Waals surface area contributed by atoms with Gasteiger partial charge in [-0.15, -0.1) is 0 Å². The van der Waals surface area contributed by atoms with Crippen LogP contribution in [0.25, 0.3) is 0 Å². The largest absolute Gasteiger partial charge is 0.469 e. The number of ether oxygens (including phenoxy) is 1. The number of hydrogen-bond acceptors (Lipinski definition) is 4. The summed E-state index contributed by atoms with van der Waals surface area (Å²) in [4.78, 5) is 7.88. The van der Waals surface area contributed by atoms with Crippen LogP contribution in [0.2, 0.25) is 0 Å². The van der Waals surface area contributed by atoms with Gasteiger partial charge in [0.15, 0.2) is 0 Å². The minimum Gasteiger partial charge on any atom is -0.469 e. The second-order valence-electron chi connectivity index (χ2n) is 4.49. The molecule has 0 aliphatic heterocycles. The minimum absolute atomic E-state index is 0.00505. The van der Waals surface area contributed by atoms with E-state index in [1.54, 1.807) is 0 Å². The zero-order chi connectivity index (χ0) is 12.9. The van der Waals surface area contributed by atoms with E-state index in [0.29, 0.717) is 5.95 Å². The second kappa shape index (κ2) is 5.80. The molecule has 0 radical (unpaired) electrons. The molecule has 0 atom stereocenters. The van der Waals surface area contributed by atoms with Crippen LogP contribution < -0.4 is 10.1 Å². The molecule has 0 unspecified atom stereocenters. The number of aromatic nitrogens is 2. The average molecular weight is 241 g/mol. The van der Waals surface area contributed by atoms with Crippen LogP contribution >= 0.6 is 0 Å². The van der Waals surface area contributed by atoms with Crippen molar-refractivity contribution in [3.8, 4) is 5.88 Å². The van der Waals surface area contributed by atoms with E-state index in [-0.39, 0.29) is 5.88 Å². The van der Waals surface area contributed by atoms with E-state index in [2.05, 4.69) is 15.3 Å². The topological polar surface area (TPSA) is 47.0 Å². The van der Waals surface area contributed by atoms with Crippen molar-refractivity contribution in [2.24, 2.45) is 0 Å². The van der Waals surface area contributed by atoms with Gasteiger partial charge in [0.1, 0.15) is 5.60 Å². The first kappa shape index (κ1) is 13.7. The van der Waals surface area contributed by atoms with Gasteiger partial charge in [-0.1, -0.05) is 13.8 Å². The standard InChI is InChI=1S/C12H20FN3O/c1-5-7-14-11-15-8-9(13)10(16-11)17-12(3,4)6-2/h8H,5-7H2,1-4H3,(H,14,15,16). The number of nitrogens with one attached hydrogen (secondary N) is 1. The van der Waals surface area contributed by atoms with Gasteiger partial charge in [0.25, 0.3) is 5.88 Å². The Kier molecular flexibility index (Phi) is 4.66. The van der Waals surface area contributed by atoms with Crippen LogP contribution in [0.15, 0.2) is 6.20 Å². The molecule has 0 bridgehead atoms. The first-order valence-electron chi connectivity index (χ1n) is 5.94. The Bertz CT molecular complexity index is 369. The summed E-state index contributed by atoms with van der Waals surface area (Å²) in [5, 5.41) is 3.00. The molecule has 1 N–H and O–H groups in total. The molecule has 0 aliphatic carbocycles. The summed E-state index contributed by atoms with van der Waals surface area (Å²) in [5.74, 6) is -0.130. The van der Waals surface area contributed by atoms with E-state index in [9.17, 15) is 4.39 Å². The third kappa shape index (κ3) is 4.17. The maximum Gasteiger partial charge on any atom is 0.255 e. The van der Waals surface area contributed by atoms with Crippen molar-refractivity contribution in [3.05, 3.63) is 12.0 Å². The fourth-order valence-electron chi connectivity index (χ4n) is 1.08. The molecule has 0 aromatic carbocycles. The number of anilines is 1. The summed E-state index contributed by atoms with van der Waals surface area (Å²) < 4.78 is 19.0. The van der Waals surface area contributed by atoms with E-state index in [0.717, 1.165) is 25.6 Å². The molecule has 5 heteroatoms. The zero-order valence-electron chi connectivity index (χ0n) is 10.9. The first-order valence-corrected chi connectivity index (χ1v) is 5.94. The predicted molar refractivity (Wildman–Crippen MR) is 65.8 cm³/mol. The lowest BCUT2D eigenvalue weighted by Crippen LogP contribution is -2.28. The van der Waals surface area contributed by atoms with Gasteiger partial charge in [-0.25, -0.2) is 4.98 Å². The van der Waals surface area contributed by atoms with Crippen molar-refractivity contribution >= 4 is 5.95 Å². The molecule has 0 fully saturated rings. The van der Waals surface area contributed by atoms with E-state index in [1.165, 1.54) is 0 Å². The fourth-order valence-corrected chi connectivity index (χ4v) is 1.08. The molecule has 17 heavy (non-hydrogen) atoms. The van der Waals surface area contributed by atoms with Gasteiger partial charge in [0.2, 0.25) is 11.8 Å². The molecule has 96 valence electrons. The zero-order valence-corrected chi connectivity index (χ0v) is 10.9. The lowest BCUT2D eigenvalue weighted by atomic mass is 10.1. The molecule has 1 aromatic heterocycles. The lowest BCUT2D eigenvalue weighted by molar-refractivity contribution is 0.0929. The summed E-state index contributed by atoms with van der Waals surface area (Å²) >= 11 is 0. The first-order chi connectivity index (χ1) is 7.98. The van der Waals surface area contributed by atoms with Gasteiger partial charge in [-0.05, 0) is 26.7 Å². The molecule has 0 aliphatic rings. The maximum atomic E-state index is 13.5. The molecule has 0 saturated carbocycles. The van der Waals surface area contributed by atoms with Crippen molar-refractivity contribution in [3.63, 3.8) is 0 Å².